The third-order valence-electron chi connectivity index (χ3n) is 3.94. The highest BCUT2D eigenvalue weighted by atomic mass is 32.1. The normalized spacial score (nSPS) is 10.9. The van der Waals surface area contributed by atoms with E-state index in [2.05, 4.69) is 10.6 Å². The SMILES string of the molecule is O=C(COC(=O)c1cccc(NC(=O)c2cccs2)c1)Nc1ccccc1C(F)(F)F. The van der Waals surface area contributed by atoms with Crippen molar-refractivity contribution in [1.82, 2.24) is 0 Å². The van der Waals surface area contributed by atoms with Crippen LogP contribution < -0.4 is 10.6 Å². The molecule has 0 fully saturated rings. The summed E-state index contributed by atoms with van der Waals surface area (Å²) in [4.78, 5) is 36.7. The Kier molecular flexibility index (Phi) is 6.71. The molecule has 2 amide bonds. The van der Waals surface area contributed by atoms with E-state index in [9.17, 15) is 27.6 Å². The zero-order valence-electron chi connectivity index (χ0n) is 15.7. The Morgan fingerprint density at radius 3 is 2.42 bits per heavy atom. The van der Waals surface area contributed by atoms with E-state index >= 15 is 0 Å². The molecule has 0 radical (unpaired) electrons. The van der Waals surface area contributed by atoms with E-state index in [0.717, 1.165) is 12.1 Å². The zero-order chi connectivity index (χ0) is 22.4. The summed E-state index contributed by atoms with van der Waals surface area (Å²) in [7, 11) is 0. The maximum Gasteiger partial charge on any atom is 0.418 e. The number of halogens is 3. The van der Waals surface area contributed by atoms with Gasteiger partial charge in [-0.2, -0.15) is 13.2 Å². The topological polar surface area (TPSA) is 84.5 Å². The van der Waals surface area contributed by atoms with Gasteiger partial charge in [-0.05, 0) is 41.8 Å². The van der Waals surface area contributed by atoms with Crippen LogP contribution in [-0.4, -0.2) is 24.4 Å². The van der Waals surface area contributed by atoms with Crippen LogP contribution >= 0.6 is 11.3 Å². The molecule has 0 spiro atoms. The summed E-state index contributed by atoms with van der Waals surface area (Å²) < 4.78 is 43.8. The van der Waals surface area contributed by atoms with Gasteiger partial charge in [0.1, 0.15) is 0 Å². The van der Waals surface area contributed by atoms with Crippen molar-refractivity contribution in [1.29, 1.82) is 0 Å². The van der Waals surface area contributed by atoms with Gasteiger partial charge >= 0.3 is 12.1 Å². The Balaban J connectivity index is 1.59. The van der Waals surface area contributed by atoms with Crippen molar-refractivity contribution in [2.75, 3.05) is 17.2 Å². The summed E-state index contributed by atoms with van der Waals surface area (Å²) in [5.41, 5.74) is -1.04. The Morgan fingerprint density at radius 2 is 1.71 bits per heavy atom. The fourth-order valence-corrected chi connectivity index (χ4v) is 3.18. The average molecular weight is 448 g/mol. The number of nitrogens with one attached hydrogen (secondary N) is 2. The van der Waals surface area contributed by atoms with E-state index in [1.807, 2.05) is 0 Å². The summed E-state index contributed by atoms with van der Waals surface area (Å²) >= 11 is 1.26. The van der Waals surface area contributed by atoms with Crippen LogP contribution in [0.1, 0.15) is 25.6 Å². The van der Waals surface area contributed by atoms with Gasteiger partial charge in [0.2, 0.25) is 0 Å². The Morgan fingerprint density at radius 1 is 0.935 bits per heavy atom. The molecule has 0 aliphatic carbocycles. The maximum absolute atomic E-state index is 13.0. The smallest absolute Gasteiger partial charge is 0.418 e. The maximum atomic E-state index is 13.0. The average Bonchev–Trinajstić information content (AvgIpc) is 3.27. The molecular weight excluding hydrogens is 433 g/mol. The van der Waals surface area contributed by atoms with E-state index in [-0.39, 0.29) is 11.5 Å². The standard InChI is InChI=1S/C21H15F3N2O4S/c22-21(23,24)15-7-1-2-8-16(15)26-18(27)12-30-20(29)13-5-3-6-14(11-13)25-19(28)17-9-4-10-31-17/h1-11H,12H2,(H,25,28)(H,26,27). The fraction of sp³-hybridized carbons (Fsp3) is 0.0952. The summed E-state index contributed by atoms with van der Waals surface area (Å²) in [5.74, 6) is -2.14. The van der Waals surface area contributed by atoms with Gasteiger partial charge in [0, 0.05) is 5.69 Å². The molecule has 10 heteroatoms. The molecule has 0 unspecified atom stereocenters. The van der Waals surface area contributed by atoms with Gasteiger partial charge in [0.15, 0.2) is 6.61 Å². The summed E-state index contributed by atoms with van der Waals surface area (Å²) in [6, 6.07) is 13.7. The van der Waals surface area contributed by atoms with Crippen molar-refractivity contribution in [3.05, 3.63) is 82.0 Å². The molecule has 2 N–H and O–H groups in total. The van der Waals surface area contributed by atoms with Gasteiger partial charge in [0.05, 0.1) is 21.7 Å². The quantitative estimate of drug-likeness (QED) is 0.530. The first kappa shape index (κ1) is 22.0. The van der Waals surface area contributed by atoms with E-state index in [0.29, 0.717) is 10.6 Å². The van der Waals surface area contributed by atoms with Gasteiger partial charge in [-0.15, -0.1) is 11.3 Å². The second-order valence-corrected chi connectivity index (χ2v) is 7.13. The lowest BCUT2D eigenvalue weighted by atomic mass is 10.1. The second-order valence-electron chi connectivity index (χ2n) is 6.18. The number of para-hydroxylation sites is 1. The molecule has 3 aromatic rings. The lowest BCUT2D eigenvalue weighted by Gasteiger charge is -2.13. The highest BCUT2D eigenvalue weighted by Crippen LogP contribution is 2.34. The number of ether oxygens (including phenoxy) is 1. The van der Waals surface area contributed by atoms with Crippen molar-refractivity contribution >= 4 is 40.5 Å². The number of carbonyl (C=O) groups is 3. The van der Waals surface area contributed by atoms with E-state index in [1.165, 1.54) is 41.7 Å². The molecule has 0 saturated carbocycles. The van der Waals surface area contributed by atoms with Crippen LogP contribution in [0.4, 0.5) is 24.5 Å². The number of hydrogen-bond acceptors (Lipinski definition) is 5. The molecule has 1 aromatic heterocycles. The summed E-state index contributed by atoms with van der Waals surface area (Å²) in [6.45, 7) is -0.781. The number of thiophene rings is 1. The molecule has 0 aliphatic heterocycles. The van der Waals surface area contributed by atoms with Crippen LogP contribution in [0.2, 0.25) is 0 Å². The molecule has 0 atom stereocenters. The van der Waals surface area contributed by atoms with Crippen molar-refractivity contribution < 1.29 is 32.3 Å². The van der Waals surface area contributed by atoms with Crippen LogP contribution in [0.3, 0.4) is 0 Å². The fourth-order valence-electron chi connectivity index (χ4n) is 2.56. The first-order valence-corrected chi connectivity index (χ1v) is 9.70. The van der Waals surface area contributed by atoms with Crippen molar-refractivity contribution in [3.63, 3.8) is 0 Å². The van der Waals surface area contributed by atoms with Crippen LogP contribution in [0.5, 0.6) is 0 Å². The zero-order valence-corrected chi connectivity index (χ0v) is 16.5. The van der Waals surface area contributed by atoms with Crippen molar-refractivity contribution in [3.8, 4) is 0 Å². The minimum atomic E-state index is -4.64. The molecular formula is C21H15F3N2O4S. The Bertz CT molecular complexity index is 1100. The molecule has 2 aromatic carbocycles. The molecule has 6 nitrogen and oxygen atoms in total. The number of alkyl halides is 3. The highest BCUT2D eigenvalue weighted by molar-refractivity contribution is 7.12. The number of hydrogen-bond donors (Lipinski definition) is 2. The van der Waals surface area contributed by atoms with Gasteiger partial charge in [0.25, 0.3) is 11.8 Å². The number of carbonyl (C=O) groups excluding carboxylic acids is 3. The number of benzene rings is 2. The third kappa shape index (κ3) is 5.92. The van der Waals surface area contributed by atoms with Gasteiger partial charge in [-0.25, -0.2) is 4.79 Å². The summed E-state index contributed by atoms with van der Waals surface area (Å²) in [6.07, 6.45) is -4.64. The van der Waals surface area contributed by atoms with E-state index in [1.54, 1.807) is 23.6 Å². The molecule has 31 heavy (non-hydrogen) atoms. The van der Waals surface area contributed by atoms with Crippen LogP contribution in [0, 0.1) is 0 Å². The van der Waals surface area contributed by atoms with E-state index in [4.69, 9.17) is 4.74 Å². The largest absolute Gasteiger partial charge is 0.452 e. The van der Waals surface area contributed by atoms with Crippen LogP contribution in [0.15, 0.2) is 66.0 Å². The number of esters is 1. The second kappa shape index (κ2) is 9.43. The first-order valence-electron chi connectivity index (χ1n) is 8.82. The first-order chi connectivity index (χ1) is 14.7. The monoisotopic (exact) mass is 448 g/mol. The van der Waals surface area contributed by atoms with Crippen molar-refractivity contribution in [2.24, 2.45) is 0 Å². The third-order valence-corrected chi connectivity index (χ3v) is 4.81. The predicted octanol–water partition coefficient (Wildman–Crippen LogP) is 4.81. The lowest BCUT2D eigenvalue weighted by molar-refractivity contribution is -0.137. The lowest BCUT2D eigenvalue weighted by Crippen LogP contribution is -2.22. The highest BCUT2D eigenvalue weighted by Gasteiger charge is 2.33. The number of anilines is 2. The van der Waals surface area contributed by atoms with Crippen LogP contribution in [-0.2, 0) is 15.7 Å². The van der Waals surface area contributed by atoms with Gasteiger partial charge in [-0.1, -0.05) is 24.3 Å². The summed E-state index contributed by atoms with van der Waals surface area (Å²) in [5, 5.41) is 6.47. The van der Waals surface area contributed by atoms with Gasteiger partial charge in [-0.3, -0.25) is 9.59 Å². The molecule has 0 bridgehead atoms. The number of amides is 2. The number of rotatable bonds is 6. The Hall–Kier alpha value is -3.66. The van der Waals surface area contributed by atoms with Gasteiger partial charge < -0.3 is 15.4 Å². The molecule has 0 saturated heterocycles. The minimum absolute atomic E-state index is 0.0625. The molecule has 3 rings (SSSR count). The molecule has 160 valence electrons. The Labute approximate surface area is 178 Å². The van der Waals surface area contributed by atoms with Crippen molar-refractivity contribution in [2.45, 2.75) is 6.18 Å². The van der Waals surface area contributed by atoms with E-state index < -0.39 is 35.9 Å². The minimum Gasteiger partial charge on any atom is -0.452 e. The molecule has 0 aliphatic rings. The predicted molar refractivity (Wildman–Crippen MR) is 109 cm³/mol. The molecule has 1 heterocycles. The van der Waals surface area contributed by atoms with Crippen LogP contribution in [0.25, 0.3) is 0 Å².